The van der Waals surface area contributed by atoms with Gasteiger partial charge in [0.05, 0.1) is 13.0 Å². The Morgan fingerprint density at radius 1 is 1.10 bits per heavy atom. The van der Waals surface area contributed by atoms with Crippen molar-refractivity contribution >= 4 is 11.8 Å². The van der Waals surface area contributed by atoms with Crippen molar-refractivity contribution < 1.29 is 9.59 Å². The molecule has 212 valence electrons. The van der Waals surface area contributed by atoms with Crippen LogP contribution in [0.25, 0.3) is 22.5 Å². The number of likely N-dealkylation sites (tertiary alicyclic amines) is 1. The van der Waals surface area contributed by atoms with Crippen LogP contribution in [0.2, 0.25) is 0 Å². The molecular formula is C30H34N8O3. The fraction of sp³-hybridized carbons (Fsp3) is 0.367. The van der Waals surface area contributed by atoms with E-state index in [0.717, 1.165) is 35.1 Å². The van der Waals surface area contributed by atoms with Crippen molar-refractivity contribution in [2.45, 2.75) is 65.0 Å². The molecule has 11 nitrogen and oxygen atoms in total. The first-order valence-corrected chi connectivity index (χ1v) is 14.0. The van der Waals surface area contributed by atoms with Crippen LogP contribution in [0.15, 0.2) is 53.3 Å². The zero-order valence-corrected chi connectivity index (χ0v) is 23.3. The number of hydrogen-bond acceptors (Lipinski definition) is 7. The van der Waals surface area contributed by atoms with Crippen LogP contribution in [0.5, 0.6) is 0 Å². The summed E-state index contributed by atoms with van der Waals surface area (Å²) in [6.07, 6.45) is 3.67. The molecule has 0 spiro atoms. The molecule has 11 heteroatoms. The fourth-order valence-electron chi connectivity index (χ4n) is 5.44. The van der Waals surface area contributed by atoms with Crippen molar-refractivity contribution in [1.29, 1.82) is 0 Å². The van der Waals surface area contributed by atoms with Gasteiger partial charge in [0.2, 0.25) is 17.6 Å². The Balaban J connectivity index is 1.44. The second-order valence-corrected chi connectivity index (χ2v) is 10.4. The molecule has 1 atom stereocenters. The third-order valence-corrected chi connectivity index (χ3v) is 7.65. The summed E-state index contributed by atoms with van der Waals surface area (Å²) in [5.74, 6) is 0.432. The second kappa shape index (κ2) is 12.2. The molecule has 0 saturated carbocycles. The summed E-state index contributed by atoms with van der Waals surface area (Å²) >= 11 is 0. The summed E-state index contributed by atoms with van der Waals surface area (Å²) < 4.78 is 1.68. The number of nitrogens with zero attached hydrogens (tertiary/aromatic N) is 6. The number of hydrogen-bond donors (Lipinski definition) is 2. The standard InChI is InChI=1S/C30H34N8O3/c1-3-4-11-26-32-19(2)24(17-27(39)37-16-7-10-25(37)28(31)40)30(41)38(26)18-20-12-14-21(15-13-20)22-8-5-6-9-23(22)29-33-35-36-34-29/h5-6,8-9,12-15,25H,3-4,7,10-11,16-18H2,1-2H3,(H2,31,40)(H,33,34,35,36)/t25-/m0/s1. The van der Waals surface area contributed by atoms with Crippen molar-refractivity contribution in [3.63, 3.8) is 0 Å². The van der Waals surface area contributed by atoms with Crippen molar-refractivity contribution in [1.82, 2.24) is 35.1 Å². The van der Waals surface area contributed by atoms with Gasteiger partial charge in [0.15, 0.2) is 0 Å². The molecule has 4 aromatic rings. The highest BCUT2D eigenvalue weighted by Gasteiger charge is 2.33. The van der Waals surface area contributed by atoms with E-state index in [4.69, 9.17) is 10.7 Å². The second-order valence-electron chi connectivity index (χ2n) is 10.4. The van der Waals surface area contributed by atoms with Crippen molar-refractivity contribution in [3.05, 3.63) is 81.5 Å². The van der Waals surface area contributed by atoms with Crippen LogP contribution in [-0.2, 0) is 29.0 Å². The summed E-state index contributed by atoms with van der Waals surface area (Å²) in [6.45, 7) is 4.66. The van der Waals surface area contributed by atoms with Crippen LogP contribution in [0.1, 0.15) is 55.3 Å². The summed E-state index contributed by atoms with van der Waals surface area (Å²) in [7, 11) is 0. The zero-order valence-electron chi connectivity index (χ0n) is 23.3. The van der Waals surface area contributed by atoms with E-state index in [2.05, 4.69) is 27.5 Å². The fourth-order valence-corrected chi connectivity index (χ4v) is 5.44. The number of aromatic nitrogens is 6. The molecule has 5 rings (SSSR count). The molecule has 2 aromatic heterocycles. The van der Waals surface area contributed by atoms with Gasteiger partial charge in [-0.05, 0) is 48.1 Å². The molecular weight excluding hydrogens is 520 g/mol. The van der Waals surface area contributed by atoms with Crippen LogP contribution in [-0.4, -0.2) is 59.5 Å². The lowest BCUT2D eigenvalue weighted by Gasteiger charge is -2.23. The maximum Gasteiger partial charge on any atom is 0.257 e. The van der Waals surface area contributed by atoms with E-state index in [-0.39, 0.29) is 17.9 Å². The maximum atomic E-state index is 13.8. The lowest BCUT2D eigenvalue weighted by atomic mass is 9.98. The first-order valence-electron chi connectivity index (χ1n) is 14.0. The maximum absolute atomic E-state index is 13.8. The predicted molar refractivity (Wildman–Crippen MR) is 154 cm³/mol. The largest absolute Gasteiger partial charge is 0.368 e. The Bertz CT molecular complexity index is 1600. The average Bonchev–Trinajstić information content (AvgIpc) is 3.69. The van der Waals surface area contributed by atoms with Crippen molar-refractivity contribution in [3.8, 4) is 22.5 Å². The summed E-state index contributed by atoms with van der Waals surface area (Å²) in [5, 5.41) is 14.4. The molecule has 0 bridgehead atoms. The lowest BCUT2D eigenvalue weighted by Crippen LogP contribution is -2.45. The Morgan fingerprint density at radius 2 is 1.85 bits per heavy atom. The van der Waals surface area contributed by atoms with Gasteiger partial charge in [-0.2, -0.15) is 5.21 Å². The van der Waals surface area contributed by atoms with Gasteiger partial charge in [-0.3, -0.25) is 19.0 Å². The highest BCUT2D eigenvalue weighted by atomic mass is 16.2. The van der Waals surface area contributed by atoms with Crippen molar-refractivity contribution in [2.24, 2.45) is 5.73 Å². The van der Waals surface area contributed by atoms with E-state index in [9.17, 15) is 14.4 Å². The smallest absolute Gasteiger partial charge is 0.257 e. The Morgan fingerprint density at radius 3 is 2.54 bits per heavy atom. The number of aryl methyl sites for hydroxylation is 2. The minimum atomic E-state index is -0.620. The normalized spacial score (nSPS) is 14.9. The van der Waals surface area contributed by atoms with Gasteiger partial charge in [-0.25, -0.2) is 4.98 Å². The van der Waals surface area contributed by atoms with Gasteiger partial charge in [-0.1, -0.05) is 61.9 Å². The third-order valence-electron chi connectivity index (χ3n) is 7.65. The van der Waals surface area contributed by atoms with Crippen LogP contribution < -0.4 is 11.3 Å². The van der Waals surface area contributed by atoms with E-state index in [1.807, 2.05) is 48.5 Å². The first kappa shape index (κ1) is 27.9. The van der Waals surface area contributed by atoms with Crippen LogP contribution in [0, 0.1) is 6.92 Å². The van der Waals surface area contributed by atoms with Crippen LogP contribution >= 0.6 is 0 Å². The third kappa shape index (κ3) is 5.93. The van der Waals surface area contributed by atoms with Gasteiger partial charge in [-0.15, -0.1) is 10.2 Å². The average molecular weight is 555 g/mol. The number of aromatic amines is 1. The number of nitrogens with two attached hydrogens (primary N) is 1. The van der Waals surface area contributed by atoms with Crippen LogP contribution in [0.3, 0.4) is 0 Å². The molecule has 1 aliphatic heterocycles. The van der Waals surface area contributed by atoms with Crippen molar-refractivity contribution in [2.75, 3.05) is 6.54 Å². The molecule has 2 aromatic carbocycles. The number of amides is 2. The summed E-state index contributed by atoms with van der Waals surface area (Å²) in [5.41, 5.74) is 9.94. The SMILES string of the molecule is CCCCc1nc(C)c(CC(=O)N2CCC[C@H]2C(N)=O)c(=O)n1Cc1ccc(-c2ccccc2-c2nn[nH]n2)cc1. The number of nitrogens with one attached hydrogen (secondary N) is 1. The molecule has 0 aliphatic carbocycles. The molecule has 41 heavy (non-hydrogen) atoms. The molecule has 1 saturated heterocycles. The number of carbonyl (C=O) groups is 2. The van der Waals surface area contributed by atoms with E-state index >= 15 is 0 Å². The number of primary amides is 1. The first-order chi connectivity index (χ1) is 19.9. The number of unbranched alkanes of at least 4 members (excludes halogenated alkanes) is 1. The molecule has 0 unspecified atom stereocenters. The van der Waals surface area contributed by atoms with Gasteiger partial charge in [0, 0.05) is 29.8 Å². The minimum Gasteiger partial charge on any atom is -0.368 e. The van der Waals surface area contributed by atoms with Gasteiger partial charge in [0.25, 0.3) is 5.56 Å². The van der Waals surface area contributed by atoms with E-state index < -0.39 is 11.9 Å². The summed E-state index contributed by atoms with van der Waals surface area (Å²) in [4.78, 5) is 45.1. The molecule has 0 radical (unpaired) electrons. The van der Waals surface area contributed by atoms with E-state index in [0.29, 0.717) is 55.3 Å². The van der Waals surface area contributed by atoms with Gasteiger partial charge in [0.1, 0.15) is 11.9 Å². The quantitative estimate of drug-likeness (QED) is 0.306. The molecule has 2 amide bonds. The molecule has 1 aliphatic rings. The minimum absolute atomic E-state index is 0.110. The highest BCUT2D eigenvalue weighted by molar-refractivity contribution is 5.88. The zero-order chi connectivity index (χ0) is 28.9. The predicted octanol–water partition coefficient (Wildman–Crippen LogP) is 2.81. The number of rotatable bonds is 10. The number of carbonyl (C=O) groups excluding carboxylic acids is 2. The monoisotopic (exact) mass is 554 g/mol. The highest BCUT2D eigenvalue weighted by Crippen LogP contribution is 2.30. The van der Waals surface area contributed by atoms with Gasteiger partial charge < -0.3 is 10.6 Å². The Labute approximate surface area is 237 Å². The Hall–Kier alpha value is -4.67. The van der Waals surface area contributed by atoms with Crippen LogP contribution in [0.4, 0.5) is 0 Å². The molecule has 3 N–H and O–H groups in total. The lowest BCUT2D eigenvalue weighted by molar-refractivity contribution is -0.136. The van der Waals surface area contributed by atoms with E-state index in [1.165, 1.54) is 4.90 Å². The topological polar surface area (TPSA) is 153 Å². The number of benzene rings is 2. The molecule has 1 fully saturated rings. The number of H-pyrrole nitrogens is 1. The Kier molecular flexibility index (Phi) is 8.32. The van der Waals surface area contributed by atoms with Gasteiger partial charge >= 0.3 is 0 Å². The molecule has 3 heterocycles. The number of tetrazole rings is 1. The van der Waals surface area contributed by atoms with E-state index in [1.54, 1.807) is 11.5 Å². The summed E-state index contributed by atoms with van der Waals surface area (Å²) in [6, 6.07) is 15.2.